The van der Waals surface area contributed by atoms with E-state index in [1.165, 1.54) is 12.1 Å². The van der Waals surface area contributed by atoms with E-state index in [0.717, 1.165) is 22.8 Å². The molecule has 2 rings (SSSR count). The molecule has 0 aliphatic carbocycles. The number of rotatable bonds is 1. The van der Waals surface area contributed by atoms with E-state index in [4.69, 9.17) is 0 Å². The summed E-state index contributed by atoms with van der Waals surface area (Å²) in [4.78, 5) is 0. The van der Waals surface area contributed by atoms with Gasteiger partial charge in [0.25, 0.3) is 0 Å². The molecular formula is C14H12F3-. The van der Waals surface area contributed by atoms with Crippen LogP contribution in [-0.4, -0.2) is 0 Å². The van der Waals surface area contributed by atoms with Crippen LogP contribution < -0.4 is 0 Å². The Bertz CT molecular complexity index is 513. The quantitative estimate of drug-likeness (QED) is 0.630. The maximum absolute atomic E-state index is 12.6. The molecule has 0 saturated heterocycles. The van der Waals surface area contributed by atoms with Gasteiger partial charge in [-0.2, -0.15) is 35.9 Å². The second-order valence-corrected chi connectivity index (χ2v) is 4.19. The van der Waals surface area contributed by atoms with Gasteiger partial charge in [0, 0.05) is 0 Å². The molecule has 0 saturated carbocycles. The number of aryl methyl sites for hydroxylation is 2. The molecule has 90 valence electrons. The first-order chi connectivity index (χ1) is 7.88. The zero-order chi connectivity index (χ0) is 12.6. The molecule has 0 atom stereocenters. The van der Waals surface area contributed by atoms with Crippen molar-refractivity contribution in [2.45, 2.75) is 20.0 Å². The van der Waals surface area contributed by atoms with E-state index in [-0.39, 0.29) is 0 Å². The van der Waals surface area contributed by atoms with Gasteiger partial charge in [-0.25, -0.2) is 6.07 Å². The number of hydrogen-bond donors (Lipinski definition) is 0. The van der Waals surface area contributed by atoms with Crippen LogP contribution in [0.3, 0.4) is 0 Å². The zero-order valence-electron chi connectivity index (χ0n) is 9.60. The van der Waals surface area contributed by atoms with E-state index in [2.05, 4.69) is 0 Å². The number of hydrogen-bond acceptors (Lipinski definition) is 0. The van der Waals surface area contributed by atoms with Crippen molar-refractivity contribution in [3.63, 3.8) is 0 Å². The summed E-state index contributed by atoms with van der Waals surface area (Å²) in [5.74, 6) is 0. The van der Waals surface area contributed by atoms with Gasteiger partial charge in [-0.3, -0.25) is 0 Å². The first-order valence-electron chi connectivity index (χ1n) is 5.29. The van der Waals surface area contributed by atoms with Crippen LogP contribution in [0.4, 0.5) is 13.2 Å². The Morgan fingerprint density at radius 3 is 2.29 bits per heavy atom. The average Bonchev–Trinajstić information content (AvgIpc) is 2.58. The molecule has 2 aromatic carbocycles. The SMILES string of the molecule is Cc1cc(-c2cccc(C(F)(F)F)c2)c[c-]1C. The van der Waals surface area contributed by atoms with Crippen LogP contribution in [0.1, 0.15) is 16.7 Å². The molecule has 0 bridgehead atoms. The Morgan fingerprint density at radius 2 is 1.76 bits per heavy atom. The Hall–Kier alpha value is -1.64. The minimum atomic E-state index is -4.29. The summed E-state index contributed by atoms with van der Waals surface area (Å²) in [6.07, 6.45) is -4.29. The molecule has 2 aromatic rings. The van der Waals surface area contributed by atoms with Crippen molar-refractivity contribution in [1.29, 1.82) is 0 Å². The fraction of sp³-hybridized carbons (Fsp3) is 0.214. The highest BCUT2D eigenvalue weighted by atomic mass is 19.4. The fourth-order valence-corrected chi connectivity index (χ4v) is 1.78. The Morgan fingerprint density at radius 1 is 1.06 bits per heavy atom. The summed E-state index contributed by atoms with van der Waals surface area (Å²) >= 11 is 0. The van der Waals surface area contributed by atoms with Crippen molar-refractivity contribution in [2.24, 2.45) is 0 Å². The van der Waals surface area contributed by atoms with E-state index < -0.39 is 11.7 Å². The molecule has 0 aliphatic rings. The molecule has 0 unspecified atom stereocenters. The Kier molecular flexibility index (Phi) is 2.77. The molecule has 0 spiro atoms. The third-order valence-corrected chi connectivity index (χ3v) is 2.89. The molecule has 17 heavy (non-hydrogen) atoms. The molecule has 3 heteroatoms. The minimum Gasteiger partial charge on any atom is -0.203 e. The van der Waals surface area contributed by atoms with Crippen LogP contribution in [0.15, 0.2) is 36.4 Å². The summed E-state index contributed by atoms with van der Waals surface area (Å²) in [5, 5.41) is 0. The third kappa shape index (κ3) is 2.38. The summed E-state index contributed by atoms with van der Waals surface area (Å²) in [5.41, 5.74) is 3.03. The van der Waals surface area contributed by atoms with Crippen molar-refractivity contribution in [3.05, 3.63) is 53.1 Å². The predicted molar refractivity (Wildman–Crippen MR) is 61.9 cm³/mol. The Balaban J connectivity index is 2.47. The van der Waals surface area contributed by atoms with Crippen molar-refractivity contribution < 1.29 is 13.2 Å². The molecule has 0 aliphatic heterocycles. The van der Waals surface area contributed by atoms with E-state index in [0.29, 0.717) is 5.56 Å². The first-order valence-corrected chi connectivity index (χ1v) is 5.29. The van der Waals surface area contributed by atoms with Crippen molar-refractivity contribution >= 4 is 0 Å². The number of benzene rings is 1. The highest BCUT2D eigenvalue weighted by Crippen LogP contribution is 2.33. The van der Waals surface area contributed by atoms with Gasteiger partial charge < -0.3 is 0 Å². The van der Waals surface area contributed by atoms with E-state index in [1.54, 1.807) is 6.07 Å². The Labute approximate surface area is 98.1 Å². The summed E-state index contributed by atoms with van der Waals surface area (Å²) in [7, 11) is 0. The van der Waals surface area contributed by atoms with Gasteiger partial charge >= 0.3 is 6.18 Å². The molecular weight excluding hydrogens is 225 g/mol. The van der Waals surface area contributed by atoms with Crippen LogP contribution in [-0.2, 0) is 6.18 Å². The van der Waals surface area contributed by atoms with Crippen molar-refractivity contribution in [1.82, 2.24) is 0 Å². The van der Waals surface area contributed by atoms with E-state index in [9.17, 15) is 13.2 Å². The third-order valence-electron chi connectivity index (χ3n) is 2.89. The zero-order valence-corrected chi connectivity index (χ0v) is 9.60. The smallest absolute Gasteiger partial charge is 0.203 e. The van der Waals surface area contributed by atoms with Crippen LogP contribution in [0.5, 0.6) is 0 Å². The van der Waals surface area contributed by atoms with E-state index in [1.807, 2.05) is 26.0 Å². The molecule has 0 heterocycles. The minimum absolute atomic E-state index is 0.605. The highest BCUT2D eigenvalue weighted by Gasteiger charge is 2.30. The van der Waals surface area contributed by atoms with Crippen molar-refractivity contribution in [3.8, 4) is 11.1 Å². The summed E-state index contributed by atoms with van der Waals surface area (Å²) < 4.78 is 37.7. The molecule has 0 N–H and O–H groups in total. The van der Waals surface area contributed by atoms with Gasteiger partial charge in [0.2, 0.25) is 0 Å². The standard InChI is InChI=1S/C14H12F3/c1-9-6-12(7-10(9)2)11-4-3-5-13(8-11)14(15,16)17/h3-8H,1-2H3/q-1. The first kappa shape index (κ1) is 11.8. The van der Waals surface area contributed by atoms with Crippen LogP contribution in [0.25, 0.3) is 11.1 Å². The second-order valence-electron chi connectivity index (χ2n) is 4.19. The summed E-state index contributed by atoms with van der Waals surface area (Å²) in [6, 6.07) is 9.23. The molecule has 0 nitrogen and oxygen atoms in total. The monoisotopic (exact) mass is 237 g/mol. The lowest BCUT2D eigenvalue weighted by atomic mass is 10.1. The highest BCUT2D eigenvalue weighted by molar-refractivity contribution is 5.67. The van der Waals surface area contributed by atoms with E-state index >= 15 is 0 Å². The van der Waals surface area contributed by atoms with Crippen molar-refractivity contribution in [2.75, 3.05) is 0 Å². The molecule has 0 amide bonds. The van der Waals surface area contributed by atoms with Gasteiger partial charge in [-0.05, 0) is 0 Å². The van der Waals surface area contributed by atoms with Gasteiger partial charge in [0.15, 0.2) is 0 Å². The van der Waals surface area contributed by atoms with Crippen LogP contribution in [0.2, 0.25) is 0 Å². The maximum atomic E-state index is 12.6. The normalized spacial score (nSPS) is 11.8. The maximum Gasteiger partial charge on any atom is 0.416 e. The number of alkyl halides is 3. The topological polar surface area (TPSA) is 0 Å². The summed E-state index contributed by atoms with van der Waals surface area (Å²) in [6.45, 7) is 3.90. The largest absolute Gasteiger partial charge is 0.416 e. The van der Waals surface area contributed by atoms with Gasteiger partial charge in [0.05, 0.1) is 5.56 Å². The number of halogens is 3. The van der Waals surface area contributed by atoms with Gasteiger partial charge in [0.1, 0.15) is 0 Å². The average molecular weight is 237 g/mol. The van der Waals surface area contributed by atoms with Gasteiger partial charge in [-0.1, -0.05) is 43.7 Å². The predicted octanol–water partition coefficient (Wildman–Crippen LogP) is 4.71. The van der Waals surface area contributed by atoms with Crippen LogP contribution in [0, 0.1) is 13.8 Å². The lowest BCUT2D eigenvalue weighted by Gasteiger charge is -2.10. The van der Waals surface area contributed by atoms with Crippen LogP contribution >= 0.6 is 0 Å². The second kappa shape index (κ2) is 3.99. The molecule has 0 aromatic heterocycles. The lowest BCUT2D eigenvalue weighted by Crippen LogP contribution is -2.04. The lowest BCUT2D eigenvalue weighted by molar-refractivity contribution is -0.137. The fourth-order valence-electron chi connectivity index (χ4n) is 1.78. The molecule has 0 radical (unpaired) electrons. The molecule has 0 fully saturated rings. The van der Waals surface area contributed by atoms with Gasteiger partial charge in [-0.15, -0.1) is 0 Å².